The molecule has 2 N–H and O–H groups in total. The molecule has 0 radical (unpaired) electrons. The van der Waals surface area contributed by atoms with E-state index in [1.807, 2.05) is 18.2 Å². The van der Waals surface area contributed by atoms with Gasteiger partial charge in [0.1, 0.15) is 11.3 Å². The van der Waals surface area contributed by atoms with Gasteiger partial charge < -0.3 is 10.2 Å². The summed E-state index contributed by atoms with van der Waals surface area (Å²) in [4.78, 5) is 5.29. The number of anilines is 1. The molecule has 0 aliphatic carbocycles. The Morgan fingerprint density at radius 3 is 2.90 bits per heavy atom. The van der Waals surface area contributed by atoms with E-state index in [0.29, 0.717) is 22.7 Å². The molecular weight excluding hydrogens is 275 g/mol. The number of nitrogens with two attached hydrogens (primary N) is 1. The van der Waals surface area contributed by atoms with Crippen LogP contribution in [-0.2, 0) is 0 Å². The maximum atomic E-state index is 13.2. The van der Waals surface area contributed by atoms with Crippen molar-refractivity contribution in [1.82, 2.24) is 4.98 Å². The Kier molecular flexibility index (Phi) is 2.31. The Bertz CT molecular complexity index is 942. The lowest BCUT2D eigenvalue weighted by molar-refractivity contribution is 0.622. The van der Waals surface area contributed by atoms with Crippen LogP contribution in [0.4, 0.5) is 10.1 Å². The molecule has 0 saturated heterocycles. The fourth-order valence-electron chi connectivity index (χ4n) is 2.19. The van der Waals surface area contributed by atoms with Crippen molar-refractivity contribution in [3.8, 4) is 10.8 Å². The molecule has 4 aromatic rings. The maximum absolute atomic E-state index is 13.2. The number of hydrogen-bond donors (Lipinski definition) is 1. The van der Waals surface area contributed by atoms with Gasteiger partial charge in [0, 0.05) is 4.70 Å². The molecule has 98 valence electrons. The first-order valence-electron chi connectivity index (χ1n) is 6.05. The van der Waals surface area contributed by atoms with Gasteiger partial charge in [0.05, 0.1) is 10.6 Å². The number of fused-ring (bicyclic) bond motifs is 2. The molecule has 0 fully saturated rings. The van der Waals surface area contributed by atoms with Crippen molar-refractivity contribution >= 4 is 38.2 Å². The van der Waals surface area contributed by atoms with Gasteiger partial charge >= 0.3 is 0 Å². The molecule has 4 rings (SSSR count). The third kappa shape index (κ3) is 1.67. The molecule has 0 bridgehead atoms. The molecular formula is C15H9FN2OS. The maximum Gasteiger partial charge on any atom is 0.237 e. The highest BCUT2D eigenvalue weighted by molar-refractivity contribution is 7.22. The average Bonchev–Trinajstić information content (AvgIpc) is 3.01. The summed E-state index contributed by atoms with van der Waals surface area (Å²) in [6.45, 7) is 0. The Morgan fingerprint density at radius 1 is 1.15 bits per heavy atom. The highest BCUT2D eigenvalue weighted by Crippen LogP contribution is 2.35. The third-order valence-electron chi connectivity index (χ3n) is 3.14. The molecule has 5 heteroatoms. The first-order chi connectivity index (χ1) is 9.70. The number of nitrogen functional groups attached to an aromatic ring is 1. The molecule has 0 aliphatic rings. The van der Waals surface area contributed by atoms with Gasteiger partial charge in [-0.15, -0.1) is 11.3 Å². The minimum absolute atomic E-state index is 0.243. The van der Waals surface area contributed by atoms with Crippen molar-refractivity contribution in [2.75, 3.05) is 5.73 Å². The molecule has 2 aromatic heterocycles. The molecule has 0 spiro atoms. The van der Waals surface area contributed by atoms with Gasteiger partial charge in [-0.2, -0.15) is 0 Å². The van der Waals surface area contributed by atoms with Crippen LogP contribution in [0.25, 0.3) is 32.0 Å². The second-order valence-electron chi connectivity index (χ2n) is 4.51. The van der Waals surface area contributed by atoms with Crippen molar-refractivity contribution in [1.29, 1.82) is 0 Å². The summed E-state index contributed by atoms with van der Waals surface area (Å²) in [5.74, 6) is 0.271. The number of oxazole rings is 1. The monoisotopic (exact) mass is 284 g/mol. The summed E-state index contributed by atoms with van der Waals surface area (Å²) in [5.41, 5.74) is 7.78. The second-order valence-corrected chi connectivity index (χ2v) is 5.59. The lowest BCUT2D eigenvalue weighted by atomic mass is 10.2. The number of rotatable bonds is 1. The predicted octanol–water partition coefficient (Wildman–Crippen LogP) is 4.43. The lowest BCUT2D eigenvalue weighted by Gasteiger charge is -1.89. The SMILES string of the molecule is Nc1cccc2oc(-c3cc4ccc(F)cc4s3)nc12. The summed E-state index contributed by atoms with van der Waals surface area (Å²) in [6, 6.07) is 12.1. The van der Waals surface area contributed by atoms with Crippen LogP contribution < -0.4 is 5.73 Å². The van der Waals surface area contributed by atoms with E-state index >= 15 is 0 Å². The number of thiophene rings is 1. The first-order valence-corrected chi connectivity index (χ1v) is 6.87. The fraction of sp³-hybridized carbons (Fsp3) is 0. The van der Waals surface area contributed by atoms with E-state index in [0.717, 1.165) is 15.0 Å². The predicted molar refractivity (Wildman–Crippen MR) is 79.2 cm³/mol. The lowest BCUT2D eigenvalue weighted by Crippen LogP contribution is -1.84. The van der Waals surface area contributed by atoms with Gasteiger partial charge in [0.25, 0.3) is 0 Å². The zero-order valence-corrected chi connectivity index (χ0v) is 11.1. The van der Waals surface area contributed by atoms with E-state index in [4.69, 9.17) is 10.2 Å². The molecule has 0 amide bonds. The quantitative estimate of drug-likeness (QED) is 0.526. The minimum Gasteiger partial charge on any atom is -0.435 e. The Hall–Kier alpha value is -2.40. The summed E-state index contributed by atoms with van der Waals surface area (Å²) < 4.78 is 19.8. The average molecular weight is 284 g/mol. The van der Waals surface area contributed by atoms with E-state index in [2.05, 4.69) is 4.98 Å². The normalized spacial score (nSPS) is 11.4. The van der Waals surface area contributed by atoms with Crippen molar-refractivity contribution in [2.45, 2.75) is 0 Å². The standard InChI is InChI=1S/C15H9FN2OS/c16-9-5-4-8-6-13(20-12(8)7-9)15-18-14-10(17)2-1-3-11(14)19-15/h1-7H,17H2. The third-order valence-corrected chi connectivity index (χ3v) is 4.23. The van der Waals surface area contributed by atoms with Crippen molar-refractivity contribution in [3.63, 3.8) is 0 Å². The van der Waals surface area contributed by atoms with Crippen LogP contribution in [0, 0.1) is 5.82 Å². The summed E-state index contributed by atoms with van der Waals surface area (Å²) in [7, 11) is 0. The van der Waals surface area contributed by atoms with E-state index < -0.39 is 0 Å². The first kappa shape index (κ1) is 11.4. The van der Waals surface area contributed by atoms with Crippen LogP contribution in [0.1, 0.15) is 0 Å². The van der Waals surface area contributed by atoms with Crippen LogP contribution in [-0.4, -0.2) is 4.98 Å². The van der Waals surface area contributed by atoms with Gasteiger partial charge in [-0.1, -0.05) is 12.1 Å². The Labute approximate surface area is 117 Å². The van der Waals surface area contributed by atoms with Crippen LogP contribution >= 0.6 is 11.3 Å². The highest BCUT2D eigenvalue weighted by Gasteiger charge is 2.13. The molecule has 20 heavy (non-hydrogen) atoms. The highest BCUT2D eigenvalue weighted by atomic mass is 32.1. The molecule has 0 saturated carbocycles. The second kappa shape index (κ2) is 4.05. The topological polar surface area (TPSA) is 52.0 Å². The smallest absolute Gasteiger partial charge is 0.237 e. The van der Waals surface area contributed by atoms with Crippen molar-refractivity contribution in [3.05, 3.63) is 48.3 Å². The van der Waals surface area contributed by atoms with Gasteiger partial charge in [-0.3, -0.25) is 0 Å². The number of hydrogen-bond acceptors (Lipinski definition) is 4. The summed E-state index contributed by atoms with van der Waals surface area (Å²) in [6.07, 6.45) is 0. The summed E-state index contributed by atoms with van der Waals surface area (Å²) in [5, 5.41) is 0.974. The molecule has 2 aromatic carbocycles. The van der Waals surface area contributed by atoms with Crippen LogP contribution in [0.2, 0.25) is 0 Å². The number of nitrogens with zero attached hydrogens (tertiary/aromatic N) is 1. The number of aromatic nitrogens is 1. The van der Waals surface area contributed by atoms with Gasteiger partial charge in [0.2, 0.25) is 5.89 Å². The van der Waals surface area contributed by atoms with E-state index in [9.17, 15) is 4.39 Å². The minimum atomic E-state index is -0.243. The van der Waals surface area contributed by atoms with E-state index in [1.165, 1.54) is 23.5 Å². The Balaban J connectivity index is 1.94. The Morgan fingerprint density at radius 2 is 2.05 bits per heavy atom. The number of benzene rings is 2. The molecule has 0 unspecified atom stereocenters. The van der Waals surface area contributed by atoms with Gasteiger partial charge in [-0.25, -0.2) is 9.37 Å². The van der Waals surface area contributed by atoms with Crippen LogP contribution in [0.15, 0.2) is 46.9 Å². The van der Waals surface area contributed by atoms with E-state index in [1.54, 1.807) is 12.1 Å². The number of para-hydroxylation sites is 1. The molecule has 0 atom stereocenters. The van der Waals surface area contributed by atoms with Crippen LogP contribution in [0.5, 0.6) is 0 Å². The molecule has 0 aliphatic heterocycles. The largest absolute Gasteiger partial charge is 0.435 e. The molecule has 2 heterocycles. The summed E-state index contributed by atoms with van der Waals surface area (Å²) >= 11 is 1.45. The van der Waals surface area contributed by atoms with Crippen LogP contribution in [0.3, 0.4) is 0 Å². The van der Waals surface area contributed by atoms with E-state index in [-0.39, 0.29) is 5.82 Å². The van der Waals surface area contributed by atoms with Gasteiger partial charge in [0.15, 0.2) is 5.58 Å². The zero-order chi connectivity index (χ0) is 13.7. The van der Waals surface area contributed by atoms with Crippen molar-refractivity contribution in [2.24, 2.45) is 0 Å². The number of halogens is 1. The zero-order valence-electron chi connectivity index (χ0n) is 10.3. The fourth-order valence-corrected chi connectivity index (χ4v) is 3.20. The molecule has 3 nitrogen and oxygen atoms in total. The van der Waals surface area contributed by atoms with Gasteiger partial charge in [-0.05, 0) is 35.7 Å². The van der Waals surface area contributed by atoms with Crippen molar-refractivity contribution < 1.29 is 8.81 Å².